The van der Waals surface area contributed by atoms with Crippen LogP contribution in [0.2, 0.25) is 0 Å². The molecule has 1 heterocycles. The van der Waals surface area contributed by atoms with Crippen molar-refractivity contribution >= 4 is 16.5 Å². The van der Waals surface area contributed by atoms with Crippen LogP contribution in [0.1, 0.15) is 11.4 Å². The molecule has 0 saturated carbocycles. The third-order valence-corrected chi connectivity index (χ3v) is 3.88. The van der Waals surface area contributed by atoms with Gasteiger partial charge in [-0.05, 0) is 31.2 Å². The number of anilines is 1. The lowest BCUT2D eigenvalue weighted by molar-refractivity contribution is 0.535. The van der Waals surface area contributed by atoms with Crippen LogP contribution < -0.4 is 5.73 Å². The topological polar surface area (TPSA) is 56.0 Å². The van der Waals surface area contributed by atoms with E-state index in [4.69, 9.17) is 5.73 Å². The van der Waals surface area contributed by atoms with Crippen molar-refractivity contribution in [3.63, 3.8) is 0 Å². The predicted octanol–water partition coefficient (Wildman–Crippen LogP) is 2.56. The first-order chi connectivity index (χ1) is 8.97. The van der Waals surface area contributed by atoms with Gasteiger partial charge in [-0.2, -0.15) is 0 Å². The number of pyridine rings is 1. The van der Waals surface area contributed by atoms with Crippen molar-refractivity contribution in [1.82, 2.24) is 4.98 Å². The molecule has 0 spiro atoms. The van der Waals surface area contributed by atoms with Gasteiger partial charge in [0.05, 0.1) is 22.2 Å². The summed E-state index contributed by atoms with van der Waals surface area (Å²) in [5, 5.41) is 0. The molecule has 3 nitrogen and oxygen atoms in total. The standard InChI is InChI=1S/C13H12F2N2OS/c1-8-3-2-4-10(17-8)7-19(18)13-11(14)5-9(16)6-12(13)15/h2-6H,7,16H2,1H3. The van der Waals surface area contributed by atoms with E-state index in [0.29, 0.717) is 5.69 Å². The molecule has 1 atom stereocenters. The van der Waals surface area contributed by atoms with Crippen LogP contribution in [-0.2, 0) is 16.6 Å². The number of hydrogen-bond acceptors (Lipinski definition) is 3. The summed E-state index contributed by atoms with van der Waals surface area (Å²) in [6.07, 6.45) is 0. The smallest absolute Gasteiger partial charge is 0.144 e. The Kier molecular flexibility index (Phi) is 3.90. The van der Waals surface area contributed by atoms with E-state index in [1.807, 2.05) is 0 Å². The second-order valence-corrected chi connectivity index (χ2v) is 5.46. The summed E-state index contributed by atoms with van der Waals surface area (Å²) < 4.78 is 39.2. The molecule has 2 rings (SSSR count). The van der Waals surface area contributed by atoms with Crippen molar-refractivity contribution in [2.45, 2.75) is 17.6 Å². The van der Waals surface area contributed by atoms with Gasteiger partial charge in [0, 0.05) is 11.4 Å². The van der Waals surface area contributed by atoms with Crippen LogP contribution in [0, 0.1) is 18.6 Å². The summed E-state index contributed by atoms with van der Waals surface area (Å²) >= 11 is 0. The van der Waals surface area contributed by atoms with E-state index in [0.717, 1.165) is 17.8 Å². The van der Waals surface area contributed by atoms with Crippen molar-refractivity contribution < 1.29 is 13.0 Å². The maximum Gasteiger partial charge on any atom is 0.144 e. The highest BCUT2D eigenvalue weighted by Gasteiger charge is 2.17. The van der Waals surface area contributed by atoms with Crippen LogP contribution in [0.3, 0.4) is 0 Å². The predicted molar refractivity (Wildman–Crippen MR) is 69.9 cm³/mol. The van der Waals surface area contributed by atoms with Gasteiger partial charge in [-0.3, -0.25) is 9.19 Å². The van der Waals surface area contributed by atoms with Crippen molar-refractivity contribution in [1.29, 1.82) is 0 Å². The quantitative estimate of drug-likeness (QED) is 0.880. The normalized spacial score (nSPS) is 12.4. The van der Waals surface area contributed by atoms with Crippen LogP contribution in [-0.4, -0.2) is 9.19 Å². The zero-order chi connectivity index (χ0) is 14.0. The Balaban J connectivity index is 2.31. The molecule has 6 heteroatoms. The number of benzene rings is 1. The Morgan fingerprint density at radius 1 is 1.26 bits per heavy atom. The third-order valence-electron chi connectivity index (χ3n) is 2.47. The number of nitrogens with zero attached hydrogens (tertiary/aromatic N) is 1. The van der Waals surface area contributed by atoms with E-state index in [9.17, 15) is 13.0 Å². The number of rotatable bonds is 3. The largest absolute Gasteiger partial charge is 0.399 e. The molecule has 19 heavy (non-hydrogen) atoms. The molecule has 1 unspecified atom stereocenters. The minimum Gasteiger partial charge on any atom is -0.399 e. The fraction of sp³-hybridized carbons (Fsp3) is 0.154. The number of hydrogen-bond donors (Lipinski definition) is 1. The van der Waals surface area contributed by atoms with Crippen molar-refractivity contribution in [2.24, 2.45) is 0 Å². The first-order valence-electron chi connectivity index (χ1n) is 5.53. The van der Waals surface area contributed by atoms with E-state index in [1.165, 1.54) is 0 Å². The van der Waals surface area contributed by atoms with Gasteiger partial charge < -0.3 is 5.73 Å². The summed E-state index contributed by atoms with van der Waals surface area (Å²) in [6, 6.07) is 7.12. The Hall–Kier alpha value is -1.82. The minimum absolute atomic E-state index is 0.0376. The number of nitrogens with two attached hydrogens (primary N) is 1. The molecule has 0 amide bonds. The van der Waals surface area contributed by atoms with E-state index >= 15 is 0 Å². The fourth-order valence-corrected chi connectivity index (χ4v) is 2.81. The lowest BCUT2D eigenvalue weighted by atomic mass is 10.3. The maximum absolute atomic E-state index is 13.6. The van der Waals surface area contributed by atoms with Gasteiger partial charge in [0.2, 0.25) is 0 Å². The van der Waals surface area contributed by atoms with E-state index in [2.05, 4.69) is 4.98 Å². The molecule has 0 aliphatic carbocycles. The van der Waals surface area contributed by atoms with Gasteiger partial charge in [0.1, 0.15) is 16.5 Å². The second-order valence-electron chi connectivity index (χ2n) is 4.07. The third kappa shape index (κ3) is 3.14. The van der Waals surface area contributed by atoms with Crippen LogP contribution in [0.15, 0.2) is 35.2 Å². The lowest BCUT2D eigenvalue weighted by Crippen LogP contribution is -2.05. The zero-order valence-electron chi connectivity index (χ0n) is 10.2. The van der Waals surface area contributed by atoms with Crippen LogP contribution in [0.4, 0.5) is 14.5 Å². The molecule has 0 aliphatic rings. The van der Waals surface area contributed by atoms with Gasteiger partial charge in [-0.1, -0.05) is 6.07 Å². The summed E-state index contributed by atoms with van der Waals surface area (Å²) in [6.45, 7) is 1.79. The molecule has 0 aliphatic heterocycles. The van der Waals surface area contributed by atoms with E-state index in [-0.39, 0.29) is 11.4 Å². The average molecular weight is 282 g/mol. The fourth-order valence-electron chi connectivity index (χ4n) is 1.68. The summed E-state index contributed by atoms with van der Waals surface area (Å²) in [4.78, 5) is 3.69. The zero-order valence-corrected chi connectivity index (χ0v) is 11.0. The molecular formula is C13H12F2N2OS. The molecule has 2 aromatic rings. The summed E-state index contributed by atoms with van der Waals surface area (Å²) in [7, 11) is -1.84. The Morgan fingerprint density at radius 3 is 2.47 bits per heavy atom. The molecule has 1 aromatic heterocycles. The highest BCUT2D eigenvalue weighted by atomic mass is 32.2. The number of aromatic nitrogens is 1. The van der Waals surface area contributed by atoms with Gasteiger partial charge in [-0.15, -0.1) is 0 Å². The van der Waals surface area contributed by atoms with Gasteiger partial charge in [0.25, 0.3) is 0 Å². The van der Waals surface area contributed by atoms with Gasteiger partial charge >= 0.3 is 0 Å². The molecule has 0 bridgehead atoms. The highest BCUT2D eigenvalue weighted by molar-refractivity contribution is 7.84. The Labute approximate surface area is 111 Å². The SMILES string of the molecule is Cc1cccc(CS(=O)c2c(F)cc(N)cc2F)n1. The van der Waals surface area contributed by atoms with Crippen molar-refractivity contribution in [3.8, 4) is 0 Å². The number of aryl methyl sites for hydroxylation is 1. The van der Waals surface area contributed by atoms with Crippen LogP contribution in [0.5, 0.6) is 0 Å². The van der Waals surface area contributed by atoms with Crippen molar-refractivity contribution in [3.05, 3.63) is 53.4 Å². The lowest BCUT2D eigenvalue weighted by Gasteiger charge is -2.06. The highest BCUT2D eigenvalue weighted by Crippen LogP contribution is 2.22. The minimum atomic E-state index is -1.84. The monoisotopic (exact) mass is 282 g/mol. The molecule has 0 fully saturated rings. The summed E-state index contributed by atoms with van der Waals surface area (Å²) in [5.41, 5.74) is 6.55. The molecule has 2 N–H and O–H groups in total. The first kappa shape index (κ1) is 13.6. The first-order valence-corrected chi connectivity index (χ1v) is 6.84. The van der Waals surface area contributed by atoms with Crippen molar-refractivity contribution in [2.75, 3.05) is 5.73 Å². The van der Waals surface area contributed by atoms with Gasteiger partial charge in [0.15, 0.2) is 0 Å². The number of nitrogen functional groups attached to an aromatic ring is 1. The second kappa shape index (κ2) is 5.44. The average Bonchev–Trinajstić information content (AvgIpc) is 2.27. The molecule has 0 radical (unpaired) electrons. The number of halogens is 2. The van der Waals surface area contributed by atoms with Gasteiger partial charge in [-0.25, -0.2) is 8.78 Å². The Bertz CT molecular complexity index is 623. The molecule has 1 aromatic carbocycles. The van der Waals surface area contributed by atoms with E-state index < -0.39 is 27.3 Å². The van der Waals surface area contributed by atoms with Crippen LogP contribution in [0.25, 0.3) is 0 Å². The van der Waals surface area contributed by atoms with E-state index in [1.54, 1.807) is 25.1 Å². The molecule has 100 valence electrons. The summed E-state index contributed by atoms with van der Waals surface area (Å²) in [5.74, 6) is -1.84. The van der Waals surface area contributed by atoms with Crippen LogP contribution >= 0.6 is 0 Å². The molecule has 0 saturated heterocycles. The maximum atomic E-state index is 13.6. The molecular weight excluding hydrogens is 270 g/mol. The Morgan fingerprint density at radius 2 is 1.89 bits per heavy atom.